The Morgan fingerprint density at radius 2 is 1.84 bits per heavy atom. The van der Waals surface area contributed by atoms with E-state index in [4.69, 9.17) is 14.4 Å². The largest absolute Gasteiger partial charge is 0.497 e. The topological polar surface area (TPSA) is 98.3 Å². The van der Waals surface area contributed by atoms with Crippen molar-refractivity contribution in [2.45, 2.75) is 37.4 Å². The number of carbonyl (C=O) groups excluding carboxylic acids is 1. The fourth-order valence-electron chi connectivity index (χ4n) is 5.13. The van der Waals surface area contributed by atoms with Gasteiger partial charge in [0, 0.05) is 31.9 Å². The number of benzene rings is 2. The molecule has 1 aliphatic carbocycles. The van der Waals surface area contributed by atoms with E-state index in [1.54, 1.807) is 19.4 Å². The number of halogens is 4. The van der Waals surface area contributed by atoms with E-state index in [-0.39, 0.29) is 36.4 Å². The molecule has 0 atom stereocenters. The molecule has 1 aliphatic rings. The van der Waals surface area contributed by atoms with E-state index in [1.165, 1.54) is 12.1 Å². The molecule has 1 N–H and O–H groups in total. The Morgan fingerprint density at radius 1 is 1.09 bits per heavy atom. The summed E-state index contributed by atoms with van der Waals surface area (Å²) < 4.78 is 67.1. The molecule has 6 rings (SSSR count). The number of ether oxygens (including phenoxy) is 1. The lowest BCUT2D eigenvalue weighted by atomic mass is 10.0. The summed E-state index contributed by atoms with van der Waals surface area (Å²) >= 11 is 0. The molecule has 9 nitrogen and oxygen atoms in total. The van der Waals surface area contributed by atoms with Gasteiger partial charge in [0.2, 0.25) is 5.91 Å². The molecule has 2 aromatic carbocycles. The number of fused-ring (bicyclic) bond motifs is 1. The third-order valence-electron chi connectivity index (χ3n) is 7.76. The van der Waals surface area contributed by atoms with Gasteiger partial charge in [-0.15, -0.1) is 0 Å². The van der Waals surface area contributed by atoms with Gasteiger partial charge in [-0.05, 0) is 53.8 Å². The van der Waals surface area contributed by atoms with Crippen LogP contribution in [0.3, 0.4) is 0 Å². The average molecular weight is 609 g/mol. The SMILES string of the molecule is COc1ccc(Cn2nc(N(C)C)c3cc(-c4ccc(CC(=O)Nc5cc(C6(C(F)(F)F)CC6)on5)c(F)c4)cnc32)cc1. The summed E-state index contributed by atoms with van der Waals surface area (Å²) in [5.74, 6) is -0.289. The van der Waals surface area contributed by atoms with Crippen molar-refractivity contribution in [3.63, 3.8) is 0 Å². The summed E-state index contributed by atoms with van der Waals surface area (Å²) in [5, 5.41) is 11.5. The number of nitrogens with zero attached hydrogens (tertiary/aromatic N) is 5. The molecular weight excluding hydrogens is 580 g/mol. The fraction of sp³-hybridized carbons (Fsp3) is 0.290. The smallest absolute Gasteiger partial charge is 0.401 e. The maximum absolute atomic E-state index is 15.2. The number of hydrogen-bond acceptors (Lipinski definition) is 7. The fourth-order valence-corrected chi connectivity index (χ4v) is 5.13. The van der Waals surface area contributed by atoms with E-state index in [2.05, 4.69) is 15.5 Å². The summed E-state index contributed by atoms with van der Waals surface area (Å²) in [6, 6.07) is 15.1. The molecule has 0 bridgehead atoms. The van der Waals surface area contributed by atoms with E-state index in [0.29, 0.717) is 29.1 Å². The second-order valence-electron chi connectivity index (χ2n) is 11.0. The maximum atomic E-state index is 15.2. The first-order chi connectivity index (χ1) is 21.0. The molecule has 0 unspecified atom stereocenters. The molecule has 1 fully saturated rings. The van der Waals surface area contributed by atoms with Crippen LogP contribution in [0, 0.1) is 5.82 Å². The first-order valence-corrected chi connectivity index (χ1v) is 13.8. The Kier molecular flexibility index (Phi) is 7.26. The Balaban J connectivity index is 1.18. The van der Waals surface area contributed by atoms with Crippen LogP contribution in [0.15, 0.2) is 65.3 Å². The maximum Gasteiger partial charge on any atom is 0.401 e. The van der Waals surface area contributed by atoms with E-state index in [9.17, 15) is 18.0 Å². The van der Waals surface area contributed by atoms with Gasteiger partial charge in [0.05, 0.1) is 25.5 Å². The Labute approximate surface area is 249 Å². The second kappa shape index (κ2) is 11.0. The van der Waals surface area contributed by atoms with Crippen LogP contribution in [0.1, 0.15) is 29.7 Å². The molecule has 0 aliphatic heterocycles. The van der Waals surface area contributed by atoms with E-state index < -0.39 is 23.3 Å². The monoisotopic (exact) mass is 608 g/mol. The van der Waals surface area contributed by atoms with Crippen LogP contribution in [0.4, 0.5) is 29.2 Å². The van der Waals surface area contributed by atoms with Gasteiger partial charge >= 0.3 is 6.18 Å². The number of nitrogens with one attached hydrogen (secondary N) is 1. The number of anilines is 2. The summed E-state index contributed by atoms with van der Waals surface area (Å²) in [7, 11) is 5.37. The molecule has 0 spiro atoms. The van der Waals surface area contributed by atoms with E-state index in [1.807, 2.05) is 54.0 Å². The van der Waals surface area contributed by atoms with Crippen LogP contribution >= 0.6 is 0 Å². The molecule has 1 amide bonds. The summed E-state index contributed by atoms with van der Waals surface area (Å²) in [6.07, 6.45) is -3.36. The predicted molar refractivity (Wildman–Crippen MR) is 155 cm³/mol. The molecule has 228 valence electrons. The summed E-state index contributed by atoms with van der Waals surface area (Å²) in [4.78, 5) is 19.1. The van der Waals surface area contributed by atoms with Gasteiger partial charge < -0.3 is 19.5 Å². The molecule has 13 heteroatoms. The predicted octanol–water partition coefficient (Wildman–Crippen LogP) is 6.12. The lowest BCUT2D eigenvalue weighted by molar-refractivity contribution is -0.165. The number of carbonyl (C=O) groups is 1. The zero-order valence-electron chi connectivity index (χ0n) is 24.1. The standard InChI is InChI=1S/C31H28F4N6O3/c1-40(2)29-23-12-21(16-36-28(23)41(38-29)17-18-4-8-22(43-3)9-5-18)19-6-7-20(24(32)13-19)14-27(42)37-26-15-25(44-39-26)30(10-11-30)31(33,34)35/h4-9,12-13,15-16H,10-11,14,17H2,1-3H3,(H,37,39,42). The number of amides is 1. The van der Waals surface area contributed by atoms with Crippen molar-refractivity contribution in [3.05, 3.63) is 83.5 Å². The zero-order valence-corrected chi connectivity index (χ0v) is 24.1. The molecule has 44 heavy (non-hydrogen) atoms. The van der Waals surface area contributed by atoms with Gasteiger partial charge in [0.25, 0.3) is 0 Å². The van der Waals surface area contributed by atoms with E-state index in [0.717, 1.165) is 22.8 Å². The number of pyridine rings is 1. The first kappa shape index (κ1) is 29.1. The highest BCUT2D eigenvalue weighted by atomic mass is 19.4. The third kappa shape index (κ3) is 5.45. The Hall–Kier alpha value is -4.94. The second-order valence-corrected chi connectivity index (χ2v) is 11.0. The molecular formula is C31H28F4N6O3. The Bertz CT molecular complexity index is 1840. The van der Waals surface area contributed by atoms with Gasteiger partial charge in [0.15, 0.2) is 23.0 Å². The van der Waals surface area contributed by atoms with Crippen LogP contribution < -0.4 is 15.0 Å². The highest BCUT2D eigenvalue weighted by Crippen LogP contribution is 2.59. The molecule has 0 radical (unpaired) electrons. The minimum atomic E-state index is -4.47. The van der Waals surface area contributed by atoms with E-state index >= 15 is 4.39 Å². The van der Waals surface area contributed by atoms with Crippen molar-refractivity contribution in [1.82, 2.24) is 19.9 Å². The highest BCUT2D eigenvalue weighted by Gasteiger charge is 2.66. The van der Waals surface area contributed by atoms with Crippen LogP contribution in [0.25, 0.3) is 22.2 Å². The number of methoxy groups -OCH3 is 1. The van der Waals surface area contributed by atoms with Gasteiger partial charge in [-0.2, -0.15) is 18.3 Å². The minimum absolute atomic E-state index is 0.0956. The zero-order chi connectivity index (χ0) is 31.2. The third-order valence-corrected chi connectivity index (χ3v) is 7.76. The number of rotatable bonds is 9. The van der Waals surface area contributed by atoms with Crippen LogP contribution in [-0.4, -0.2) is 53.2 Å². The van der Waals surface area contributed by atoms with Crippen molar-refractivity contribution in [2.75, 3.05) is 31.4 Å². The highest BCUT2D eigenvalue weighted by molar-refractivity contribution is 5.92. The lowest BCUT2D eigenvalue weighted by Gasteiger charge is -2.14. The number of alkyl halides is 3. The van der Waals surface area contributed by atoms with Crippen molar-refractivity contribution >= 4 is 28.6 Å². The average Bonchev–Trinajstić information content (AvgIpc) is 3.57. The van der Waals surface area contributed by atoms with Crippen molar-refractivity contribution in [2.24, 2.45) is 0 Å². The lowest BCUT2D eigenvalue weighted by Crippen LogP contribution is -2.28. The quantitative estimate of drug-likeness (QED) is 0.201. The molecule has 3 aromatic heterocycles. The van der Waals surface area contributed by atoms with Crippen molar-refractivity contribution in [1.29, 1.82) is 0 Å². The minimum Gasteiger partial charge on any atom is -0.497 e. The summed E-state index contributed by atoms with van der Waals surface area (Å²) in [5.41, 5.74) is 0.959. The van der Waals surface area contributed by atoms with Crippen LogP contribution in [0.5, 0.6) is 5.75 Å². The molecule has 5 aromatic rings. The number of aromatic nitrogens is 4. The summed E-state index contributed by atoms with van der Waals surface area (Å²) in [6.45, 7) is 0.491. The van der Waals surface area contributed by atoms with Gasteiger partial charge in [-0.3, -0.25) is 4.79 Å². The van der Waals surface area contributed by atoms with Crippen LogP contribution in [0.2, 0.25) is 0 Å². The molecule has 0 saturated heterocycles. The first-order valence-electron chi connectivity index (χ1n) is 13.8. The number of hydrogen-bond donors (Lipinski definition) is 1. The van der Waals surface area contributed by atoms with Gasteiger partial charge in [-0.25, -0.2) is 14.1 Å². The molecule has 3 heterocycles. The van der Waals surface area contributed by atoms with Crippen molar-refractivity contribution in [3.8, 4) is 16.9 Å². The molecule has 1 saturated carbocycles. The normalized spacial score (nSPS) is 14.1. The van der Waals surface area contributed by atoms with Gasteiger partial charge in [0.1, 0.15) is 17.0 Å². The van der Waals surface area contributed by atoms with Crippen molar-refractivity contribution < 1.29 is 31.6 Å². The van der Waals surface area contributed by atoms with Crippen LogP contribution in [-0.2, 0) is 23.2 Å². The Morgan fingerprint density at radius 3 is 2.48 bits per heavy atom. The van der Waals surface area contributed by atoms with Gasteiger partial charge in [-0.1, -0.05) is 29.4 Å².